The Kier molecular flexibility index (Phi) is 6.23. The number of allylic oxidation sites excluding steroid dienone is 2. The van der Waals surface area contributed by atoms with E-state index in [1.165, 1.54) is 37.7 Å². The van der Waals surface area contributed by atoms with E-state index in [4.69, 9.17) is 4.74 Å². The van der Waals surface area contributed by atoms with Gasteiger partial charge in [-0.2, -0.15) is 0 Å². The lowest BCUT2D eigenvalue weighted by molar-refractivity contribution is -0.135. The van der Waals surface area contributed by atoms with Crippen molar-refractivity contribution in [3.05, 3.63) is 23.3 Å². The van der Waals surface area contributed by atoms with Crippen LogP contribution in [0.5, 0.6) is 0 Å². The van der Waals surface area contributed by atoms with Crippen molar-refractivity contribution in [1.29, 1.82) is 0 Å². The number of aliphatic hydroxyl groups is 1. The van der Waals surface area contributed by atoms with E-state index in [2.05, 4.69) is 30.6 Å². The Balaban J connectivity index is 1.13. The number of cyclic esters (lactones) is 1. The Morgan fingerprint density at radius 3 is 2.89 bits per heavy atom. The van der Waals surface area contributed by atoms with Crippen molar-refractivity contribution < 1.29 is 19.4 Å². The highest BCUT2D eigenvalue weighted by atomic mass is 16.5. The van der Waals surface area contributed by atoms with Crippen LogP contribution in [0.4, 0.5) is 4.79 Å². The molecule has 2 heterocycles. The molecule has 4 aliphatic carbocycles. The van der Waals surface area contributed by atoms with E-state index in [0.717, 1.165) is 25.8 Å². The first kappa shape index (κ1) is 24.5. The summed E-state index contributed by atoms with van der Waals surface area (Å²) in [7, 11) is 0. The molecular formula is C29H43N3O4. The molecule has 8 atom stereocenters. The normalized spacial score (nSPS) is 44.1. The molecule has 1 saturated heterocycles. The molecule has 6 aliphatic rings. The summed E-state index contributed by atoms with van der Waals surface area (Å²) in [5.74, 6) is 2.28. The quantitative estimate of drug-likeness (QED) is 0.411. The van der Waals surface area contributed by atoms with Crippen LogP contribution in [0.3, 0.4) is 0 Å². The fourth-order valence-electron chi connectivity index (χ4n) is 9.32. The number of carbonyl (C=O) groups excluding carboxylic acids is 2. The van der Waals surface area contributed by atoms with E-state index in [1.807, 2.05) is 4.90 Å². The van der Waals surface area contributed by atoms with Crippen LogP contribution in [0.2, 0.25) is 0 Å². The number of piperazine rings is 1. The Morgan fingerprint density at radius 1 is 1.25 bits per heavy atom. The largest absolute Gasteiger partial charge is 0.458 e. The van der Waals surface area contributed by atoms with Crippen molar-refractivity contribution in [2.24, 2.45) is 34.5 Å². The van der Waals surface area contributed by atoms with E-state index >= 15 is 0 Å². The second kappa shape index (κ2) is 9.16. The molecule has 4 fully saturated rings. The number of urea groups is 1. The monoisotopic (exact) mass is 497 g/mol. The lowest BCUT2D eigenvalue weighted by Crippen LogP contribution is -2.60. The van der Waals surface area contributed by atoms with Gasteiger partial charge < -0.3 is 25.4 Å². The van der Waals surface area contributed by atoms with Crippen molar-refractivity contribution in [1.82, 2.24) is 15.5 Å². The van der Waals surface area contributed by atoms with Gasteiger partial charge in [0.1, 0.15) is 6.61 Å². The summed E-state index contributed by atoms with van der Waals surface area (Å²) in [5, 5.41) is 16.3. The van der Waals surface area contributed by atoms with Gasteiger partial charge in [0.05, 0.1) is 12.6 Å². The summed E-state index contributed by atoms with van der Waals surface area (Å²) < 4.78 is 5.28. The van der Waals surface area contributed by atoms with Crippen molar-refractivity contribution in [3.63, 3.8) is 0 Å². The molecule has 3 saturated carbocycles. The van der Waals surface area contributed by atoms with Crippen LogP contribution < -0.4 is 10.6 Å². The van der Waals surface area contributed by atoms with E-state index < -0.39 is 0 Å². The molecule has 0 spiro atoms. The zero-order valence-electron chi connectivity index (χ0n) is 21.9. The minimum atomic E-state index is -0.170. The highest BCUT2D eigenvalue weighted by Gasteiger charge is 2.58. The number of aliphatic hydroxyl groups excluding tert-OH is 1. The first-order valence-corrected chi connectivity index (χ1v) is 14.3. The number of hydrogen-bond donors (Lipinski definition) is 3. The zero-order valence-corrected chi connectivity index (χ0v) is 21.9. The minimum Gasteiger partial charge on any atom is -0.458 e. The van der Waals surface area contributed by atoms with Crippen molar-refractivity contribution in [2.45, 2.75) is 77.3 Å². The predicted molar refractivity (Wildman–Crippen MR) is 137 cm³/mol. The Bertz CT molecular complexity index is 978. The molecule has 0 bridgehead atoms. The van der Waals surface area contributed by atoms with Crippen LogP contribution in [0.25, 0.3) is 0 Å². The second-order valence-electron chi connectivity index (χ2n) is 12.9. The fourth-order valence-corrected chi connectivity index (χ4v) is 9.32. The third-order valence-electron chi connectivity index (χ3n) is 11.3. The highest BCUT2D eigenvalue weighted by molar-refractivity contribution is 5.85. The summed E-state index contributed by atoms with van der Waals surface area (Å²) >= 11 is 0. The molecule has 0 radical (unpaired) electrons. The van der Waals surface area contributed by atoms with Gasteiger partial charge in [-0.15, -0.1) is 0 Å². The van der Waals surface area contributed by atoms with Gasteiger partial charge in [0.15, 0.2) is 0 Å². The fraction of sp³-hybridized carbons (Fsp3) is 0.793. The molecule has 0 aromatic heterocycles. The minimum absolute atomic E-state index is 0.00268. The number of hydrogen-bond acceptors (Lipinski definition) is 5. The van der Waals surface area contributed by atoms with Gasteiger partial charge in [-0.25, -0.2) is 9.59 Å². The number of nitrogens with zero attached hydrogens (tertiary/aromatic N) is 1. The zero-order chi connectivity index (χ0) is 25.1. The second-order valence-corrected chi connectivity index (χ2v) is 12.9. The summed E-state index contributed by atoms with van der Waals surface area (Å²) in [4.78, 5) is 26.6. The molecule has 7 nitrogen and oxygen atoms in total. The first-order valence-electron chi connectivity index (χ1n) is 14.3. The van der Waals surface area contributed by atoms with Crippen molar-refractivity contribution in [3.8, 4) is 0 Å². The van der Waals surface area contributed by atoms with E-state index in [1.54, 1.807) is 11.6 Å². The maximum absolute atomic E-state index is 13.1. The van der Waals surface area contributed by atoms with E-state index in [0.29, 0.717) is 48.8 Å². The molecule has 2 aliphatic heterocycles. The number of rotatable bonds is 3. The Morgan fingerprint density at radius 2 is 2.11 bits per heavy atom. The molecular weight excluding hydrogens is 454 g/mol. The van der Waals surface area contributed by atoms with Gasteiger partial charge in [0.25, 0.3) is 0 Å². The molecule has 198 valence electrons. The molecule has 0 aromatic rings. The summed E-state index contributed by atoms with van der Waals surface area (Å²) in [6, 6.07) is 0.0991. The Hall–Kier alpha value is -1.86. The smallest absolute Gasteiger partial charge is 0.331 e. The number of amides is 2. The van der Waals surface area contributed by atoms with Gasteiger partial charge >= 0.3 is 12.0 Å². The van der Waals surface area contributed by atoms with Crippen LogP contribution in [0.15, 0.2) is 23.3 Å². The molecule has 6 rings (SSSR count). The van der Waals surface area contributed by atoms with Gasteiger partial charge in [-0.1, -0.05) is 25.5 Å². The number of ether oxygens (including phenoxy) is 1. The highest BCUT2D eigenvalue weighted by Crippen LogP contribution is 2.66. The van der Waals surface area contributed by atoms with Gasteiger partial charge in [-0.05, 0) is 91.4 Å². The van der Waals surface area contributed by atoms with Gasteiger partial charge in [0, 0.05) is 31.8 Å². The number of nitrogens with one attached hydrogen (secondary N) is 2. The lowest BCUT2D eigenvalue weighted by Gasteiger charge is -2.60. The molecule has 0 aromatic carbocycles. The Labute approximate surface area is 215 Å². The van der Waals surface area contributed by atoms with Crippen LogP contribution in [0, 0.1) is 34.5 Å². The van der Waals surface area contributed by atoms with E-state index in [-0.39, 0.29) is 36.1 Å². The first-order chi connectivity index (χ1) is 17.3. The van der Waals surface area contributed by atoms with Crippen LogP contribution in [0.1, 0.15) is 65.2 Å². The predicted octanol–water partition coefficient (Wildman–Crippen LogP) is 3.39. The third-order valence-corrected chi connectivity index (χ3v) is 11.3. The third kappa shape index (κ3) is 3.84. The average Bonchev–Trinajstić information content (AvgIpc) is 3.46. The maximum atomic E-state index is 13.1. The van der Waals surface area contributed by atoms with Crippen molar-refractivity contribution >= 4 is 12.0 Å². The standard InChI is InChI=1S/C29H43N3O4/c1-28-9-7-20(31-27(35)32-12-11-30-15-21(32)16-33)14-19(28)3-4-22-24-6-5-23(18-13-26(34)36-17-18)29(24,2)10-8-25(22)28/h6,13,19-23,25,30,33H,3-5,7-12,14-17H2,1-2H3,(H,31,35)/t19-,20+,21?,22+,23-,25+,28+,29-/m1/s1. The van der Waals surface area contributed by atoms with Crippen LogP contribution in [-0.2, 0) is 9.53 Å². The summed E-state index contributed by atoms with van der Waals surface area (Å²) in [6.07, 6.45) is 13.6. The molecule has 2 amide bonds. The summed E-state index contributed by atoms with van der Waals surface area (Å²) in [6.45, 7) is 7.59. The van der Waals surface area contributed by atoms with Crippen molar-refractivity contribution in [2.75, 3.05) is 32.8 Å². The number of fused-ring (bicyclic) bond motifs is 5. The summed E-state index contributed by atoms with van der Waals surface area (Å²) in [5.41, 5.74) is 3.38. The number of carbonyl (C=O) groups is 2. The lowest BCUT2D eigenvalue weighted by atomic mass is 9.45. The molecule has 1 unspecified atom stereocenters. The molecule has 36 heavy (non-hydrogen) atoms. The molecule has 7 heteroatoms. The van der Waals surface area contributed by atoms with E-state index in [9.17, 15) is 14.7 Å². The topological polar surface area (TPSA) is 90.9 Å². The maximum Gasteiger partial charge on any atom is 0.331 e. The van der Waals surface area contributed by atoms with Gasteiger partial charge in [0.2, 0.25) is 0 Å². The van der Waals surface area contributed by atoms with Crippen LogP contribution in [-0.4, -0.2) is 66.9 Å². The van der Waals surface area contributed by atoms with Gasteiger partial charge in [-0.3, -0.25) is 0 Å². The SMILES string of the molecule is C[C@]12CC[C@H](NC(=O)N3CCNCC3CO)C[C@H]1CC[C@H]1C3=CC[C@H](C4=CC(=O)OC4)[C@@]3(C)CC[C@@H]12. The van der Waals surface area contributed by atoms with Crippen LogP contribution >= 0.6 is 0 Å². The number of esters is 1. The molecule has 3 N–H and O–H groups in total. The average molecular weight is 498 g/mol.